The van der Waals surface area contributed by atoms with Crippen molar-refractivity contribution >= 4 is 29.3 Å². The Morgan fingerprint density at radius 3 is 2.68 bits per heavy atom. The van der Waals surface area contributed by atoms with Gasteiger partial charge in [0.25, 0.3) is 0 Å². The van der Waals surface area contributed by atoms with Crippen LogP contribution in [0.3, 0.4) is 0 Å². The average Bonchev–Trinajstić information content (AvgIpc) is 2.52. The normalized spacial score (nSPS) is 11.9. The molecule has 1 N–H and O–H groups in total. The van der Waals surface area contributed by atoms with Gasteiger partial charge in [-0.25, -0.2) is 0 Å². The number of nitrogens with one attached hydrogen (secondary N) is 1. The number of rotatable bonds is 7. The highest BCUT2D eigenvalue weighted by molar-refractivity contribution is 7.98. The molecule has 0 spiro atoms. The Morgan fingerprint density at radius 1 is 1.18 bits per heavy atom. The SMILES string of the molecule is C[C@H](NC(=O)CCSCc1cccc(Cl)c1)c1ccccc1. The monoisotopic (exact) mass is 333 g/mol. The molecule has 2 nitrogen and oxygen atoms in total. The number of carbonyl (C=O) groups is 1. The second-order valence-electron chi connectivity index (χ2n) is 5.13. The maximum absolute atomic E-state index is 11.9. The predicted molar refractivity (Wildman–Crippen MR) is 95.2 cm³/mol. The Balaban J connectivity index is 1.68. The third-order valence-corrected chi connectivity index (χ3v) is 4.57. The summed E-state index contributed by atoms with van der Waals surface area (Å²) in [5.41, 5.74) is 2.32. The van der Waals surface area contributed by atoms with E-state index >= 15 is 0 Å². The first-order chi connectivity index (χ1) is 10.6. The summed E-state index contributed by atoms with van der Waals surface area (Å²) < 4.78 is 0. The topological polar surface area (TPSA) is 29.1 Å². The van der Waals surface area contributed by atoms with Crippen molar-refractivity contribution < 1.29 is 4.79 Å². The summed E-state index contributed by atoms with van der Waals surface area (Å²) in [6, 6.07) is 17.9. The lowest BCUT2D eigenvalue weighted by molar-refractivity contribution is -0.121. The molecule has 22 heavy (non-hydrogen) atoms. The molecule has 0 saturated carbocycles. The van der Waals surface area contributed by atoms with E-state index in [4.69, 9.17) is 11.6 Å². The number of hydrogen-bond acceptors (Lipinski definition) is 2. The fourth-order valence-electron chi connectivity index (χ4n) is 2.12. The number of thioether (sulfide) groups is 1. The zero-order chi connectivity index (χ0) is 15.8. The highest BCUT2D eigenvalue weighted by atomic mass is 35.5. The minimum Gasteiger partial charge on any atom is -0.350 e. The van der Waals surface area contributed by atoms with Gasteiger partial charge in [-0.05, 0) is 30.2 Å². The van der Waals surface area contributed by atoms with E-state index in [1.165, 1.54) is 5.56 Å². The van der Waals surface area contributed by atoms with Crippen molar-refractivity contribution in [3.63, 3.8) is 0 Å². The fourth-order valence-corrected chi connectivity index (χ4v) is 3.22. The summed E-state index contributed by atoms with van der Waals surface area (Å²) in [4.78, 5) is 11.9. The lowest BCUT2D eigenvalue weighted by Gasteiger charge is -2.14. The van der Waals surface area contributed by atoms with Gasteiger partial charge in [-0.2, -0.15) is 11.8 Å². The molecule has 0 aromatic heterocycles. The van der Waals surface area contributed by atoms with Crippen LogP contribution < -0.4 is 5.32 Å². The van der Waals surface area contributed by atoms with Gasteiger partial charge in [0.1, 0.15) is 0 Å². The number of benzene rings is 2. The van der Waals surface area contributed by atoms with Gasteiger partial charge in [-0.15, -0.1) is 0 Å². The smallest absolute Gasteiger partial charge is 0.221 e. The number of halogens is 1. The van der Waals surface area contributed by atoms with Crippen molar-refractivity contribution in [2.24, 2.45) is 0 Å². The molecule has 0 aliphatic carbocycles. The zero-order valence-corrected chi connectivity index (χ0v) is 14.2. The Hall–Kier alpha value is -1.45. The number of hydrogen-bond donors (Lipinski definition) is 1. The van der Waals surface area contributed by atoms with Gasteiger partial charge in [0.05, 0.1) is 6.04 Å². The quantitative estimate of drug-likeness (QED) is 0.734. The van der Waals surface area contributed by atoms with E-state index in [0.29, 0.717) is 6.42 Å². The predicted octanol–water partition coefficient (Wildman–Crippen LogP) is 4.84. The standard InChI is InChI=1S/C18H20ClNOS/c1-14(16-7-3-2-4-8-16)20-18(21)10-11-22-13-15-6-5-9-17(19)12-15/h2-9,12,14H,10-11,13H2,1H3,(H,20,21)/t14-/m0/s1. The molecule has 4 heteroatoms. The first kappa shape index (κ1) is 16.9. The van der Waals surface area contributed by atoms with E-state index in [1.807, 2.05) is 55.5 Å². The maximum Gasteiger partial charge on any atom is 0.221 e. The number of amides is 1. The van der Waals surface area contributed by atoms with E-state index < -0.39 is 0 Å². The lowest BCUT2D eigenvalue weighted by Crippen LogP contribution is -2.26. The van der Waals surface area contributed by atoms with Gasteiger partial charge in [0.15, 0.2) is 0 Å². The Morgan fingerprint density at radius 2 is 1.95 bits per heavy atom. The van der Waals surface area contributed by atoms with Gasteiger partial charge in [0.2, 0.25) is 5.91 Å². The molecule has 0 radical (unpaired) electrons. The van der Waals surface area contributed by atoms with Crippen molar-refractivity contribution in [2.45, 2.75) is 25.1 Å². The molecule has 0 fully saturated rings. The molecule has 1 atom stereocenters. The summed E-state index contributed by atoms with van der Waals surface area (Å²) in [5.74, 6) is 1.78. The van der Waals surface area contributed by atoms with Crippen LogP contribution in [0.4, 0.5) is 0 Å². The second-order valence-corrected chi connectivity index (χ2v) is 6.67. The van der Waals surface area contributed by atoms with Gasteiger partial charge >= 0.3 is 0 Å². The molecule has 0 bridgehead atoms. The first-order valence-corrected chi connectivity index (χ1v) is 8.85. The molecular weight excluding hydrogens is 314 g/mol. The van der Waals surface area contributed by atoms with Crippen LogP contribution in [0.1, 0.15) is 30.5 Å². The van der Waals surface area contributed by atoms with Gasteiger partial charge in [0, 0.05) is 22.9 Å². The minimum atomic E-state index is 0.0478. The summed E-state index contributed by atoms with van der Waals surface area (Å²) in [6.07, 6.45) is 0.530. The Labute approximate surface area is 141 Å². The third-order valence-electron chi connectivity index (χ3n) is 3.31. The lowest BCUT2D eigenvalue weighted by atomic mass is 10.1. The zero-order valence-electron chi connectivity index (χ0n) is 12.6. The van der Waals surface area contributed by atoms with Crippen molar-refractivity contribution in [3.8, 4) is 0 Å². The molecule has 2 rings (SSSR count). The van der Waals surface area contributed by atoms with E-state index in [2.05, 4.69) is 11.4 Å². The van der Waals surface area contributed by atoms with Crippen molar-refractivity contribution in [3.05, 3.63) is 70.7 Å². The Kier molecular flexibility index (Phi) is 6.81. The van der Waals surface area contributed by atoms with E-state index in [0.717, 1.165) is 22.1 Å². The van der Waals surface area contributed by atoms with Crippen LogP contribution >= 0.6 is 23.4 Å². The van der Waals surface area contributed by atoms with Crippen LogP contribution in [0.2, 0.25) is 5.02 Å². The molecule has 0 unspecified atom stereocenters. The van der Waals surface area contributed by atoms with Crippen LogP contribution in [-0.4, -0.2) is 11.7 Å². The van der Waals surface area contributed by atoms with Gasteiger partial charge in [-0.1, -0.05) is 54.1 Å². The maximum atomic E-state index is 11.9. The molecule has 0 saturated heterocycles. The fraction of sp³-hybridized carbons (Fsp3) is 0.278. The third kappa shape index (κ3) is 5.74. The highest BCUT2D eigenvalue weighted by Crippen LogP contribution is 2.17. The van der Waals surface area contributed by atoms with E-state index in [9.17, 15) is 4.79 Å². The highest BCUT2D eigenvalue weighted by Gasteiger charge is 2.08. The van der Waals surface area contributed by atoms with Gasteiger partial charge < -0.3 is 5.32 Å². The van der Waals surface area contributed by atoms with Crippen molar-refractivity contribution in [2.75, 3.05) is 5.75 Å². The van der Waals surface area contributed by atoms with Crippen LogP contribution in [0, 0.1) is 0 Å². The van der Waals surface area contributed by atoms with Gasteiger partial charge in [-0.3, -0.25) is 4.79 Å². The summed E-state index contributed by atoms with van der Waals surface area (Å²) in [6.45, 7) is 2.01. The summed E-state index contributed by atoms with van der Waals surface area (Å²) >= 11 is 7.70. The first-order valence-electron chi connectivity index (χ1n) is 7.31. The molecule has 1 amide bonds. The molecule has 0 aliphatic rings. The van der Waals surface area contributed by atoms with Crippen LogP contribution in [0.15, 0.2) is 54.6 Å². The van der Waals surface area contributed by atoms with E-state index in [-0.39, 0.29) is 11.9 Å². The van der Waals surface area contributed by atoms with Crippen LogP contribution in [-0.2, 0) is 10.5 Å². The van der Waals surface area contributed by atoms with Crippen LogP contribution in [0.5, 0.6) is 0 Å². The molecule has 0 aliphatic heterocycles. The largest absolute Gasteiger partial charge is 0.350 e. The average molecular weight is 334 g/mol. The van der Waals surface area contributed by atoms with E-state index in [1.54, 1.807) is 11.8 Å². The minimum absolute atomic E-state index is 0.0478. The molecule has 116 valence electrons. The second kappa shape index (κ2) is 8.86. The summed E-state index contributed by atoms with van der Waals surface area (Å²) in [5, 5.41) is 3.79. The molecule has 2 aromatic carbocycles. The van der Waals surface area contributed by atoms with Crippen molar-refractivity contribution in [1.29, 1.82) is 0 Å². The summed E-state index contributed by atoms with van der Waals surface area (Å²) in [7, 11) is 0. The Bertz CT molecular complexity index is 603. The molecule has 2 aromatic rings. The van der Waals surface area contributed by atoms with Crippen LogP contribution in [0.25, 0.3) is 0 Å². The number of carbonyl (C=O) groups excluding carboxylic acids is 1. The molecule has 0 heterocycles. The van der Waals surface area contributed by atoms with Crippen molar-refractivity contribution in [1.82, 2.24) is 5.32 Å². The molecular formula is C18H20ClNOS.